The Morgan fingerprint density at radius 2 is 1.79 bits per heavy atom. The monoisotopic (exact) mass is 669 g/mol. The molecule has 1 atom stereocenters. The molecule has 1 saturated heterocycles. The van der Waals surface area contributed by atoms with Gasteiger partial charge < -0.3 is 14.6 Å². The quantitative estimate of drug-likeness (QED) is 0.0353. The largest absolute Gasteiger partial charge is 0.507 e. The van der Waals surface area contributed by atoms with Gasteiger partial charge in [-0.1, -0.05) is 97.5 Å². The third-order valence-corrected chi connectivity index (χ3v) is 10.0. The molecule has 0 saturated carbocycles. The number of ketones is 1. The van der Waals surface area contributed by atoms with E-state index in [1.807, 2.05) is 18.2 Å². The van der Waals surface area contributed by atoms with Crippen molar-refractivity contribution in [3.05, 3.63) is 113 Å². The second-order valence-corrected chi connectivity index (χ2v) is 13.1. The number of rotatable bonds is 12. The van der Waals surface area contributed by atoms with Crippen LogP contribution in [0.25, 0.3) is 16.5 Å². The first-order valence-electron chi connectivity index (χ1n) is 15.2. The molecular weight excluding hydrogens is 638 g/mol. The second-order valence-electron chi connectivity index (χ2n) is 10.9. The van der Waals surface area contributed by atoms with Crippen LogP contribution in [0.5, 0.6) is 11.5 Å². The van der Waals surface area contributed by atoms with Crippen LogP contribution in [0.2, 0.25) is 0 Å². The molecule has 1 amide bonds. The van der Waals surface area contributed by atoms with Crippen LogP contribution in [0.1, 0.15) is 48.9 Å². The molecule has 0 radical (unpaired) electrons. The lowest BCUT2D eigenvalue weighted by Gasteiger charge is -2.22. The Bertz CT molecular complexity index is 1950. The fraction of sp³-hybridized carbons (Fsp3) is 0.222. The van der Waals surface area contributed by atoms with Crippen molar-refractivity contribution >= 4 is 56.5 Å². The fourth-order valence-corrected chi connectivity index (χ4v) is 7.39. The highest BCUT2D eigenvalue weighted by Gasteiger charge is 2.48. The molecule has 11 heteroatoms. The number of hydrogen-bond acceptors (Lipinski definition) is 9. The lowest BCUT2D eigenvalue weighted by molar-refractivity contribution is -0.132. The van der Waals surface area contributed by atoms with E-state index in [9.17, 15) is 19.1 Å². The van der Waals surface area contributed by atoms with Crippen LogP contribution in [0.4, 0.5) is 9.52 Å². The summed E-state index contributed by atoms with van der Waals surface area (Å²) in [5.74, 6) is -1.76. The van der Waals surface area contributed by atoms with Crippen molar-refractivity contribution in [2.24, 2.45) is 0 Å². The maximum Gasteiger partial charge on any atom is 0.301 e. The number of benzene rings is 4. The third kappa shape index (κ3) is 6.72. The van der Waals surface area contributed by atoms with E-state index in [-0.39, 0.29) is 22.0 Å². The van der Waals surface area contributed by atoms with E-state index >= 15 is 0 Å². The van der Waals surface area contributed by atoms with Gasteiger partial charge in [-0.05, 0) is 58.7 Å². The second kappa shape index (κ2) is 14.4. The van der Waals surface area contributed by atoms with Crippen LogP contribution >= 0.6 is 23.1 Å². The molecule has 47 heavy (non-hydrogen) atoms. The molecule has 0 spiro atoms. The molecule has 0 aliphatic carbocycles. The highest BCUT2D eigenvalue weighted by molar-refractivity contribution is 8.00. The molecule has 6 rings (SSSR count). The van der Waals surface area contributed by atoms with Gasteiger partial charge in [0.2, 0.25) is 5.13 Å². The van der Waals surface area contributed by atoms with Crippen LogP contribution in [-0.2, 0) is 15.3 Å². The molecule has 4 aromatic carbocycles. The number of aliphatic hydroxyl groups excluding tert-OH is 1. The number of Topliss-reactive ketones (excluding diaryl/α,β-unsaturated/α-hetero) is 1. The number of nitrogens with zero attached hydrogens (tertiary/aromatic N) is 3. The van der Waals surface area contributed by atoms with Gasteiger partial charge in [-0.3, -0.25) is 14.5 Å². The van der Waals surface area contributed by atoms with Gasteiger partial charge in [0.15, 0.2) is 15.9 Å². The zero-order chi connectivity index (χ0) is 32.9. The number of amides is 1. The normalized spacial score (nSPS) is 15.8. The first kappa shape index (κ1) is 32.2. The molecule has 240 valence electrons. The average molecular weight is 670 g/mol. The number of aromatic nitrogens is 2. The standard InChI is InChI=1S/C36H32FN3O5S2/c1-3-4-7-19-45-26-16-13-23(14-17-26)31-30(32(41)24-15-18-29(44-2)28(37)20-24)33(42)34(43)40(31)35-38-39-36(47-35)46-21-25-11-8-10-22-9-5-6-12-27(22)25/h5-6,8-18,20,31,41H,3-4,7,19,21H2,1-2H3. The number of methoxy groups -OCH3 is 1. The van der Waals surface area contributed by atoms with Crippen molar-refractivity contribution in [2.75, 3.05) is 18.6 Å². The summed E-state index contributed by atoms with van der Waals surface area (Å²) in [7, 11) is 1.33. The Morgan fingerprint density at radius 3 is 2.55 bits per heavy atom. The molecule has 2 heterocycles. The third-order valence-electron chi connectivity index (χ3n) is 7.92. The first-order valence-corrected chi connectivity index (χ1v) is 17.0. The Labute approximate surface area is 279 Å². The lowest BCUT2D eigenvalue weighted by Crippen LogP contribution is -2.29. The van der Waals surface area contributed by atoms with E-state index in [1.165, 1.54) is 47.2 Å². The predicted octanol–water partition coefficient (Wildman–Crippen LogP) is 8.33. The molecule has 1 fully saturated rings. The minimum Gasteiger partial charge on any atom is -0.507 e. The van der Waals surface area contributed by atoms with E-state index in [2.05, 4.69) is 41.4 Å². The lowest BCUT2D eigenvalue weighted by atomic mass is 9.95. The van der Waals surface area contributed by atoms with Crippen LogP contribution < -0.4 is 14.4 Å². The van der Waals surface area contributed by atoms with Crippen molar-refractivity contribution in [3.8, 4) is 11.5 Å². The molecule has 8 nitrogen and oxygen atoms in total. The zero-order valence-electron chi connectivity index (χ0n) is 25.8. The van der Waals surface area contributed by atoms with E-state index < -0.39 is 29.3 Å². The van der Waals surface area contributed by atoms with Crippen molar-refractivity contribution < 1.29 is 28.6 Å². The summed E-state index contributed by atoms with van der Waals surface area (Å²) in [6.07, 6.45) is 3.06. The molecule has 1 unspecified atom stereocenters. The zero-order valence-corrected chi connectivity index (χ0v) is 27.4. The molecule has 5 aromatic rings. The number of unbranched alkanes of at least 4 members (excludes halogenated alkanes) is 2. The summed E-state index contributed by atoms with van der Waals surface area (Å²) in [5.41, 5.74) is 1.52. The van der Waals surface area contributed by atoms with Gasteiger partial charge in [0.25, 0.3) is 5.78 Å². The molecule has 1 N–H and O–H groups in total. The van der Waals surface area contributed by atoms with Crippen LogP contribution in [0.3, 0.4) is 0 Å². The maximum absolute atomic E-state index is 14.7. The van der Waals surface area contributed by atoms with Crippen molar-refractivity contribution in [1.82, 2.24) is 10.2 Å². The highest BCUT2D eigenvalue weighted by atomic mass is 32.2. The Morgan fingerprint density at radius 1 is 1.00 bits per heavy atom. The summed E-state index contributed by atoms with van der Waals surface area (Å²) < 4.78 is 26.1. The van der Waals surface area contributed by atoms with Gasteiger partial charge in [-0.25, -0.2) is 4.39 Å². The number of ether oxygens (including phenoxy) is 2. The number of aliphatic hydroxyl groups is 1. The molecule has 0 bridgehead atoms. The van der Waals surface area contributed by atoms with E-state index in [0.717, 1.165) is 41.7 Å². The topological polar surface area (TPSA) is 102 Å². The Kier molecular flexibility index (Phi) is 9.84. The highest BCUT2D eigenvalue weighted by Crippen LogP contribution is 2.44. The maximum atomic E-state index is 14.7. The summed E-state index contributed by atoms with van der Waals surface area (Å²) in [6.45, 7) is 2.69. The van der Waals surface area contributed by atoms with Gasteiger partial charge in [0.1, 0.15) is 11.5 Å². The SMILES string of the molecule is CCCCCOc1ccc(C2C(=C(O)c3ccc(OC)c(F)c3)C(=O)C(=O)N2c2nnc(SCc3cccc4ccccc34)s2)cc1. The minimum atomic E-state index is -1.04. The summed E-state index contributed by atoms with van der Waals surface area (Å²) in [4.78, 5) is 28.5. The molecule has 1 aliphatic heterocycles. The van der Waals surface area contributed by atoms with Crippen LogP contribution in [0.15, 0.2) is 94.8 Å². The van der Waals surface area contributed by atoms with Gasteiger partial charge >= 0.3 is 5.91 Å². The number of fused-ring (bicyclic) bond motifs is 1. The fourth-order valence-electron chi connectivity index (χ4n) is 5.52. The summed E-state index contributed by atoms with van der Waals surface area (Å²) in [5, 5.41) is 22.6. The van der Waals surface area contributed by atoms with E-state index in [1.54, 1.807) is 24.3 Å². The Hall–Kier alpha value is -4.74. The molecule has 1 aromatic heterocycles. The minimum absolute atomic E-state index is 0.0181. The summed E-state index contributed by atoms with van der Waals surface area (Å²) >= 11 is 2.66. The smallest absolute Gasteiger partial charge is 0.301 e. The number of anilines is 1. The van der Waals surface area contributed by atoms with E-state index in [4.69, 9.17) is 9.47 Å². The van der Waals surface area contributed by atoms with Gasteiger partial charge in [-0.15, -0.1) is 10.2 Å². The number of thioether (sulfide) groups is 1. The van der Waals surface area contributed by atoms with Gasteiger partial charge in [0.05, 0.1) is 25.3 Å². The Balaban J connectivity index is 1.34. The van der Waals surface area contributed by atoms with Crippen molar-refractivity contribution in [3.63, 3.8) is 0 Å². The van der Waals surface area contributed by atoms with Crippen LogP contribution in [0, 0.1) is 5.82 Å². The molecule has 1 aliphatic rings. The first-order chi connectivity index (χ1) is 22.9. The summed E-state index contributed by atoms with van der Waals surface area (Å²) in [6, 6.07) is 24.1. The van der Waals surface area contributed by atoms with E-state index in [0.29, 0.717) is 28.0 Å². The van der Waals surface area contributed by atoms with Gasteiger partial charge in [0, 0.05) is 11.3 Å². The van der Waals surface area contributed by atoms with Crippen LogP contribution in [-0.4, -0.2) is 40.7 Å². The predicted molar refractivity (Wildman–Crippen MR) is 183 cm³/mol. The number of carbonyl (C=O) groups is 2. The number of hydrogen-bond donors (Lipinski definition) is 1. The average Bonchev–Trinajstić information content (AvgIpc) is 3.67. The number of carbonyl (C=O) groups excluding carboxylic acids is 2. The van der Waals surface area contributed by atoms with Crippen molar-refractivity contribution in [1.29, 1.82) is 0 Å². The van der Waals surface area contributed by atoms with Gasteiger partial charge in [-0.2, -0.15) is 0 Å². The van der Waals surface area contributed by atoms with Crippen molar-refractivity contribution in [2.45, 2.75) is 42.3 Å². The molecular formula is C36H32FN3O5S2. The number of halogens is 1.